The van der Waals surface area contributed by atoms with Gasteiger partial charge in [-0.25, -0.2) is 0 Å². The van der Waals surface area contributed by atoms with E-state index < -0.39 is 0 Å². The Morgan fingerprint density at radius 3 is 2.67 bits per heavy atom. The molecule has 2 aliphatic rings. The van der Waals surface area contributed by atoms with Crippen LogP contribution in [0.25, 0.3) is 0 Å². The van der Waals surface area contributed by atoms with Crippen LogP contribution in [-0.4, -0.2) is 25.1 Å². The Hall–Kier alpha value is -0.730. The van der Waals surface area contributed by atoms with E-state index >= 15 is 0 Å². The molecule has 0 N–H and O–H groups in total. The molecule has 1 aliphatic carbocycles. The summed E-state index contributed by atoms with van der Waals surface area (Å²) in [5.41, 5.74) is 3.06. The van der Waals surface area contributed by atoms with E-state index in [1.807, 2.05) is 0 Å². The second-order valence-electron chi connectivity index (χ2n) is 5.22. The number of nitrogens with zero attached hydrogens (tertiary/aromatic N) is 1. The number of benzene rings is 1. The predicted molar refractivity (Wildman–Crippen MR) is 76.7 cm³/mol. The van der Waals surface area contributed by atoms with E-state index in [4.69, 9.17) is 4.74 Å². The lowest BCUT2D eigenvalue weighted by Crippen LogP contribution is -2.28. The summed E-state index contributed by atoms with van der Waals surface area (Å²) in [7, 11) is 1.75. The Morgan fingerprint density at radius 2 is 1.94 bits per heavy atom. The van der Waals surface area contributed by atoms with Crippen molar-refractivity contribution in [2.24, 2.45) is 0 Å². The van der Waals surface area contributed by atoms with Gasteiger partial charge in [0.25, 0.3) is 0 Å². The van der Waals surface area contributed by atoms with Crippen molar-refractivity contribution in [2.45, 2.75) is 38.1 Å². The highest BCUT2D eigenvalue weighted by atomic mass is 35.5. The van der Waals surface area contributed by atoms with Crippen LogP contribution in [0.4, 0.5) is 0 Å². The molecule has 0 spiro atoms. The summed E-state index contributed by atoms with van der Waals surface area (Å²) in [5, 5.41) is 0. The molecule has 1 aromatic rings. The zero-order valence-electron chi connectivity index (χ0n) is 11.0. The normalized spacial score (nSPS) is 23.3. The topological polar surface area (TPSA) is 12.5 Å². The smallest absolute Gasteiger partial charge is 0.119 e. The Balaban J connectivity index is 0.00000120. The highest BCUT2D eigenvalue weighted by molar-refractivity contribution is 5.85. The second kappa shape index (κ2) is 5.94. The van der Waals surface area contributed by atoms with E-state index in [0.717, 1.165) is 5.75 Å². The number of rotatable bonds is 2. The van der Waals surface area contributed by atoms with E-state index in [-0.39, 0.29) is 12.4 Å². The summed E-state index contributed by atoms with van der Waals surface area (Å²) in [6, 6.07) is 7.31. The van der Waals surface area contributed by atoms with E-state index in [9.17, 15) is 0 Å². The number of hydrogen-bond donors (Lipinski definition) is 0. The lowest BCUT2D eigenvalue weighted by atomic mass is 9.87. The number of likely N-dealkylation sites (tertiary alicyclic amines) is 1. The molecule has 1 atom stereocenters. The first kappa shape index (κ1) is 13.7. The van der Waals surface area contributed by atoms with Crippen LogP contribution in [0.1, 0.15) is 42.9 Å². The average molecular weight is 268 g/mol. The van der Waals surface area contributed by atoms with Gasteiger partial charge >= 0.3 is 0 Å². The monoisotopic (exact) mass is 267 g/mol. The van der Waals surface area contributed by atoms with Gasteiger partial charge in [0, 0.05) is 6.04 Å². The van der Waals surface area contributed by atoms with Crippen molar-refractivity contribution in [3.05, 3.63) is 29.3 Å². The number of aryl methyl sites for hydroxylation is 1. The summed E-state index contributed by atoms with van der Waals surface area (Å²) in [6.45, 7) is 2.58. The number of halogens is 1. The highest BCUT2D eigenvalue weighted by Gasteiger charge is 2.27. The SMILES string of the molecule is COc1ccc2c(c1)CCCC2N1CCCC1.Cl. The van der Waals surface area contributed by atoms with Gasteiger partial charge in [-0.15, -0.1) is 12.4 Å². The molecule has 0 bridgehead atoms. The minimum atomic E-state index is 0. The quantitative estimate of drug-likeness (QED) is 0.812. The van der Waals surface area contributed by atoms with Gasteiger partial charge in [0.2, 0.25) is 0 Å². The minimum Gasteiger partial charge on any atom is -0.497 e. The molecule has 1 heterocycles. The summed E-state index contributed by atoms with van der Waals surface area (Å²) in [4.78, 5) is 2.67. The summed E-state index contributed by atoms with van der Waals surface area (Å²) in [6.07, 6.45) is 6.63. The van der Waals surface area contributed by atoms with Gasteiger partial charge in [-0.3, -0.25) is 4.90 Å². The van der Waals surface area contributed by atoms with Gasteiger partial charge in [-0.1, -0.05) is 6.07 Å². The van der Waals surface area contributed by atoms with Crippen LogP contribution in [-0.2, 0) is 6.42 Å². The Kier molecular flexibility index (Phi) is 4.52. The fraction of sp³-hybridized carbons (Fsp3) is 0.600. The van der Waals surface area contributed by atoms with Crippen LogP contribution < -0.4 is 4.74 Å². The molecule has 1 unspecified atom stereocenters. The number of methoxy groups -OCH3 is 1. The van der Waals surface area contributed by atoms with Crippen molar-refractivity contribution in [1.82, 2.24) is 4.90 Å². The second-order valence-corrected chi connectivity index (χ2v) is 5.22. The van der Waals surface area contributed by atoms with Gasteiger partial charge in [-0.05, 0) is 68.5 Å². The molecule has 1 aliphatic heterocycles. The van der Waals surface area contributed by atoms with Crippen LogP contribution in [0.2, 0.25) is 0 Å². The Morgan fingerprint density at radius 1 is 1.17 bits per heavy atom. The van der Waals surface area contributed by atoms with E-state index in [0.29, 0.717) is 6.04 Å². The number of ether oxygens (including phenoxy) is 1. The molecule has 0 saturated carbocycles. The van der Waals surface area contributed by atoms with Crippen molar-refractivity contribution in [2.75, 3.05) is 20.2 Å². The van der Waals surface area contributed by atoms with Gasteiger partial charge in [-0.2, -0.15) is 0 Å². The minimum absolute atomic E-state index is 0. The Labute approximate surface area is 116 Å². The van der Waals surface area contributed by atoms with E-state index in [2.05, 4.69) is 23.1 Å². The standard InChI is InChI=1S/C15H21NO.ClH/c1-17-13-7-8-14-12(11-13)5-4-6-15(14)16-9-2-3-10-16;/h7-8,11,15H,2-6,9-10H2,1H3;1H. The molecule has 2 nitrogen and oxygen atoms in total. The van der Waals surface area contributed by atoms with Crippen LogP contribution >= 0.6 is 12.4 Å². The zero-order valence-corrected chi connectivity index (χ0v) is 11.8. The predicted octanol–water partition coefficient (Wildman–Crippen LogP) is 3.59. The van der Waals surface area contributed by atoms with Gasteiger partial charge in [0.1, 0.15) is 5.75 Å². The fourth-order valence-corrected chi connectivity index (χ4v) is 3.32. The molecule has 1 fully saturated rings. The lowest BCUT2D eigenvalue weighted by Gasteiger charge is -2.33. The third-order valence-corrected chi connectivity index (χ3v) is 4.21. The van der Waals surface area contributed by atoms with E-state index in [1.165, 1.54) is 50.8 Å². The molecule has 0 amide bonds. The largest absolute Gasteiger partial charge is 0.497 e. The summed E-state index contributed by atoms with van der Waals surface area (Å²) in [5.74, 6) is 1.01. The molecule has 18 heavy (non-hydrogen) atoms. The number of hydrogen-bond acceptors (Lipinski definition) is 2. The van der Waals surface area contributed by atoms with E-state index in [1.54, 1.807) is 12.7 Å². The molecule has 1 saturated heterocycles. The van der Waals surface area contributed by atoms with Crippen molar-refractivity contribution >= 4 is 12.4 Å². The third kappa shape index (κ3) is 2.50. The van der Waals surface area contributed by atoms with Gasteiger partial charge in [0.15, 0.2) is 0 Å². The van der Waals surface area contributed by atoms with Crippen LogP contribution in [0.5, 0.6) is 5.75 Å². The molecule has 3 heteroatoms. The van der Waals surface area contributed by atoms with Crippen molar-refractivity contribution < 1.29 is 4.74 Å². The maximum Gasteiger partial charge on any atom is 0.119 e. The first-order valence-corrected chi connectivity index (χ1v) is 6.79. The fourth-order valence-electron chi connectivity index (χ4n) is 3.32. The molecule has 0 aromatic heterocycles. The lowest BCUT2D eigenvalue weighted by molar-refractivity contribution is 0.221. The van der Waals surface area contributed by atoms with Gasteiger partial charge < -0.3 is 4.74 Å². The van der Waals surface area contributed by atoms with Crippen molar-refractivity contribution in [3.8, 4) is 5.75 Å². The van der Waals surface area contributed by atoms with Crippen molar-refractivity contribution in [3.63, 3.8) is 0 Å². The zero-order chi connectivity index (χ0) is 11.7. The Bertz CT molecular complexity index is 401. The molecule has 3 rings (SSSR count). The van der Waals surface area contributed by atoms with Crippen LogP contribution in [0, 0.1) is 0 Å². The van der Waals surface area contributed by atoms with Gasteiger partial charge in [0.05, 0.1) is 7.11 Å². The molecule has 100 valence electrons. The molecule has 1 aromatic carbocycles. The van der Waals surface area contributed by atoms with Crippen LogP contribution in [0.3, 0.4) is 0 Å². The molecular weight excluding hydrogens is 246 g/mol. The maximum atomic E-state index is 5.33. The first-order valence-electron chi connectivity index (χ1n) is 6.79. The summed E-state index contributed by atoms with van der Waals surface area (Å²) >= 11 is 0. The maximum absolute atomic E-state index is 5.33. The third-order valence-electron chi connectivity index (χ3n) is 4.21. The average Bonchev–Trinajstić information content (AvgIpc) is 2.91. The molecular formula is C15H22ClNO. The van der Waals surface area contributed by atoms with Crippen molar-refractivity contribution in [1.29, 1.82) is 0 Å². The highest BCUT2D eigenvalue weighted by Crippen LogP contribution is 2.37. The molecule has 0 radical (unpaired) electrons. The first-order chi connectivity index (χ1) is 8.38. The number of fused-ring (bicyclic) bond motifs is 1. The van der Waals surface area contributed by atoms with Crippen LogP contribution in [0.15, 0.2) is 18.2 Å². The summed E-state index contributed by atoms with van der Waals surface area (Å²) < 4.78 is 5.33.